The maximum atomic E-state index is 3.24. The van der Waals surface area contributed by atoms with Crippen LogP contribution in [0.15, 0.2) is 0 Å². The molecule has 3 saturated carbocycles. The van der Waals surface area contributed by atoms with E-state index in [1.165, 1.54) is 83.5 Å². The first-order valence-electron chi connectivity index (χ1n) is 10.5. The van der Waals surface area contributed by atoms with Gasteiger partial charge in [0.15, 0.2) is 0 Å². The molecule has 0 aromatic rings. The van der Waals surface area contributed by atoms with Crippen LogP contribution in [0.1, 0.15) is 96.3 Å². The molecule has 22 heavy (non-hydrogen) atoms. The zero-order chi connectivity index (χ0) is 15.4. The van der Waals surface area contributed by atoms with Gasteiger partial charge < -0.3 is 4.57 Å². The van der Waals surface area contributed by atoms with Crippen molar-refractivity contribution in [3.63, 3.8) is 0 Å². The van der Waals surface area contributed by atoms with Crippen molar-refractivity contribution in [1.29, 1.82) is 0 Å². The van der Waals surface area contributed by atoms with E-state index in [1.54, 1.807) is 12.8 Å². The van der Waals surface area contributed by atoms with Crippen LogP contribution in [0.5, 0.6) is 0 Å². The SMILES string of the molecule is C[Si](C)(C1CCCCC1)N(C1CCCCC1)C1CCCCC1. The lowest BCUT2D eigenvalue weighted by molar-refractivity contribution is 0.155. The van der Waals surface area contributed by atoms with Gasteiger partial charge in [-0.25, -0.2) is 0 Å². The van der Waals surface area contributed by atoms with E-state index in [4.69, 9.17) is 0 Å². The Morgan fingerprint density at radius 3 is 1.32 bits per heavy atom. The molecule has 0 radical (unpaired) electrons. The molecule has 0 aliphatic heterocycles. The van der Waals surface area contributed by atoms with E-state index in [0.29, 0.717) is 0 Å². The Labute approximate surface area is 140 Å². The van der Waals surface area contributed by atoms with Crippen LogP contribution in [-0.2, 0) is 0 Å². The van der Waals surface area contributed by atoms with Crippen LogP contribution in [0.4, 0.5) is 0 Å². The van der Waals surface area contributed by atoms with Crippen molar-refractivity contribution in [3.05, 3.63) is 0 Å². The molecule has 0 N–H and O–H groups in total. The smallest absolute Gasteiger partial charge is 0.125 e. The van der Waals surface area contributed by atoms with Crippen molar-refractivity contribution in [3.8, 4) is 0 Å². The second-order valence-electron chi connectivity index (χ2n) is 8.98. The molecule has 0 aromatic heterocycles. The van der Waals surface area contributed by atoms with Crippen molar-refractivity contribution >= 4 is 8.24 Å². The van der Waals surface area contributed by atoms with Crippen molar-refractivity contribution in [2.24, 2.45) is 0 Å². The van der Waals surface area contributed by atoms with Crippen molar-refractivity contribution in [1.82, 2.24) is 4.57 Å². The summed E-state index contributed by atoms with van der Waals surface area (Å²) in [5.41, 5.74) is 1.09. The molecule has 1 nitrogen and oxygen atoms in total. The van der Waals surface area contributed by atoms with Gasteiger partial charge in [-0.1, -0.05) is 83.7 Å². The lowest BCUT2D eigenvalue weighted by Crippen LogP contribution is -2.61. The van der Waals surface area contributed by atoms with E-state index >= 15 is 0 Å². The number of hydrogen-bond acceptors (Lipinski definition) is 1. The summed E-state index contributed by atoms with van der Waals surface area (Å²) in [6.45, 7) is 5.51. The van der Waals surface area contributed by atoms with Gasteiger partial charge in [0.1, 0.15) is 8.24 Å². The van der Waals surface area contributed by atoms with Gasteiger partial charge >= 0.3 is 0 Å². The third-order valence-corrected chi connectivity index (χ3v) is 11.8. The highest BCUT2D eigenvalue weighted by Crippen LogP contribution is 2.43. The van der Waals surface area contributed by atoms with E-state index in [1.807, 2.05) is 0 Å². The van der Waals surface area contributed by atoms with E-state index in [2.05, 4.69) is 17.7 Å². The fourth-order valence-electron chi connectivity index (χ4n) is 5.98. The maximum Gasteiger partial charge on any atom is 0.125 e. The van der Waals surface area contributed by atoms with Crippen molar-refractivity contribution < 1.29 is 0 Å². The number of nitrogens with zero attached hydrogens (tertiary/aromatic N) is 1. The largest absolute Gasteiger partial charge is 0.318 e. The van der Waals surface area contributed by atoms with Crippen LogP contribution in [0.3, 0.4) is 0 Å². The van der Waals surface area contributed by atoms with Crippen molar-refractivity contribution in [2.45, 2.75) is 127 Å². The minimum Gasteiger partial charge on any atom is -0.318 e. The molecule has 0 saturated heterocycles. The summed E-state index contributed by atoms with van der Waals surface area (Å²) >= 11 is 0. The normalized spacial score (nSPS) is 27.4. The molecule has 3 aliphatic rings. The predicted octanol–water partition coefficient (Wildman–Crippen LogP) is 6.49. The summed E-state index contributed by atoms with van der Waals surface area (Å²) in [6, 6.07) is 1.92. The summed E-state index contributed by atoms with van der Waals surface area (Å²) in [4.78, 5) is 0. The minimum atomic E-state index is -1.27. The molecular formula is C20H39NSi. The van der Waals surface area contributed by atoms with E-state index in [-0.39, 0.29) is 0 Å². The lowest BCUT2D eigenvalue weighted by atomic mass is 9.91. The molecule has 0 heterocycles. The molecule has 0 bridgehead atoms. The van der Waals surface area contributed by atoms with E-state index in [9.17, 15) is 0 Å². The highest BCUT2D eigenvalue weighted by Gasteiger charge is 2.44. The zero-order valence-electron chi connectivity index (χ0n) is 15.3. The molecule has 128 valence electrons. The first-order valence-corrected chi connectivity index (χ1v) is 13.5. The van der Waals surface area contributed by atoms with Crippen LogP contribution in [0.2, 0.25) is 18.6 Å². The van der Waals surface area contributed by atoms with E-state index < -0.39 is 8.24 Å². The molecule has 0 amide bonds. The molecule has 3 rings (SSSR count). The number of hydrogen-bond donors (Lipinski definition) is 0. The topological polar surface area (TPSA) is 3.24 Å². The molecule has 0 spiro atoms. The molecule has 2 heteroatoms. The van der Waals surface area contributed by atoms with E-state index in [0.717, 1.165) is 17.6 Å². The van der Waals surface area contributed by atoms with Crippen LogP contribution < -0.4 is 0 Å². The average Bonchev–Trinajstić information content (AvgIpc) is 2.58. The monoisotopic (exact) mass is 321 g/mol. The molecular weight excluding hydrogens is 282 g/mol. The average molecular weight is 322 g/mol. The van der Waals surface area contributed by atoms with Gasteiger partial charge in [0.2, 0.25) is 0 Å². The Kier molecular flexibility index (Phi) is 6.06. The zero-order valence-corrected chi connectivity index (χ0v) is 16.3. The van der Waals surface area contributed by atoms with Crippen molar-refractivity contribution in [2.75, 3.05) is 0 Å². The van der Waals surface area contributed by atoms with Gasteiger partial charge in [-0.15, -0.1) is 0 Å². The van der Waals surface area contributed by atoms with Crippen LogP contribution in [0, 0.1) is 0 Å². The second-order valence-corrected chi connectivity index (χ2v) is 13.6. The molecule has 0 unspecified atom stereocenters. The number of rotatable bonds is 4. The van der Waals surface area contributed by atoms with Gasteiger partial charge in [-0.05, 0) is 31.2 Å². The summed E-state index contributed by atoms with van der Waals surface area (Å²) in [6.07, 6.45) is 22.7. The third kappa shape index (κ3) is 3.80. The van der Waals surface area contributed by atoms with Crippen LogP contribution in [0.25, 0.3) is 0 Å². The molecule has 0 aromatic carbocycles. The predicted molar refractivity (Wildman–Crippen MR) is 99.9 cm³/mol. The first kappa shape index (κ1) is 17.0. The fraction of sp³-hybridized carbons (Fsp3) is 1.00. The van der Waals surface area contributed by atoms with Crippen LogP contribution in [-0.4, -0.2) is 24.9 Å². The molecule has 3 aliphatic carbocycles. The Bertz CT molecular complexity index is 305. The van der Waals surface area contributed by atoms with Gasteiger partial charge in [0.05, 0.1) is 0 Å². The van der Waals surface area contributed by atoms with Gasteiger partial charge in [0.25, 0.3) is 0 Å². The standard InChI is InChI=1S/C20H39NSi/c1-22(2,20-16-10-5-11-17-20)21(18-12-6-3-7-13-18)19-14-8-4-9-15-19/h18-20H,3-17H2,1-2H3. The quantitative estimate of drug-likeness (QED) is 0.535. The molecule has 3 fully saturated rings. The maximum absolute atomic E-state index is 3.24. The summed E-state index contributed by atoms with van der Waals surface area (Å²) < 4.78 is 3.24. The second kappa shape index (κ2) is 7.83. The summed E-state index contributed by atoms with van der Waals surface area (Å²) in [7, 11) is -1.27. The first-order chi connectivity index (χ1) is 10.7. The Morgan fingerprint density at radius 1 is 0.545 bits per heavy atom. The van der Waals surface area contributed by atoms with Gasteiger partial charge in [0, 0.05) is 12.1 Å². The van der Waals surface area contributed by atoms with Gasteiger partial charge in [-0.3, -0.25) is 0 Å². The third-order valence-electron chi connectivity index (χ3n) is 7.21. The lowest BCUT2D eigenvalue weighted by Gasteiger charge is -2.53. The highest BCUT2D eigenvalue weighted by molar-refractivity contribution is 6.76. The fourth-order valence-corrected chi connectivity index (χ4v) is 10.6. The van der Waals surface area contributed by atoms with Gasteiger partial charge in [-0.2, -0.15) is 0 Å². The highest BCUT2D eigenvalue weighted by atomic mass is 28.3. The van der Waals surface area contributed by atoms with Crippen LogP contribution >= 0.6 is 0 Å². The minimum absolute atomic E-state index is 0.959. The summed E-state index contributed by atoms with van der Waals surface area (Å²) in [5.74, 6) is 0. The summed E-state index contributed by atoms with van der Waals surface area (Å²) in [5, 5.41) is 0. The Hall–Kier alpha value is 0.177. The Balaban J connectivity index is 1.78. The Morgan fingerprint density at radius 2 is 0.909 bits per heavy atom. The molecule has 0 atom stereocenters.